The maximum Gasteiger partial charge on any atom is 0.261 e. The Morgan fingerprint density at radius 1 is 1.11 bits per heavy atom. The Labute approximate surface area is 167 Å². The van der Waals surface area contributed by atoms with Crippen molar-refractivity contribution in [3.05, 3.63) is 64.7 Å². The van der Waals surface area contributed by atoms with Gasteiger partial charge in [-0.25, -0.2) is 8.42 Å². The van der Waals surface area contributed by atoms with E-state index in [1.165, 1.54) is 0 Å². The number of amides is 1. The zero-order valence-corrected chi connectivity index (χ0v) is 17.5. The van der Waals surface area contributed by atoms with Crippen molar-refractivity contribution < 1.29 is 17.9 Å². The third kappa shape index (κ3) is 4.93. The van der Waals surface area contributed by atoms with E-state index in [0.717, 1.165) is 28.0 Å². The van der Waals surface area contributed by atoms with E-state index in [1.807, 2.05) is 63.2 Å². The highest BCUT2D eigenvalue weighted by molar-refractivity contribution is 7.91. The minimum absolute atomic E-state index is 0.0220. The lowest BCUT2D eigenvalue weighted by molar-refractivity contribution is -0.136. The lowest BCUT2D eigenvalue weighted by Crippen LogP contribution is -2.43. The predicted octanol–water partition coefficient (Wildman–Crippen LogP) is 3.21. The molecule has 1 fully saturated rings. The van der Waals surface area contributed by atoms with Crippen LogP contribution in [0, 0.1) is 20.8 Å². The normalized spacial score (nSPS) is 18.0. The maximum absolute atomic E-state index is 13.0. The first-order valence-corrected chi connectivity index (χ1v) is 11.3. The van der Waals surface area contributed by atoms with Gasteiger partial charge in [0.1, 0.15) is 5.75 Å². The van der Waals surface area contributed by atoms with E-state index < -0.39 is 9.84 Å². The number of carbonyl (C=O) groups excluding carboxylic acids is 1. The molecule has 0 aliphatic carbocycles. The summed E-state index contributed by atoms with van der Waals surface area (Å²) >= 11 is 0. The van der Waals surface area contributed by atoms with E-state index in [9.17, 15) is 13.2 Å². The van der Waals surface area contributed by atoms with Gasteiger partial charge in [0.25, 0.3) is 5.91 Å². The summed E-state index contributed by atoms with van der Waals surface area (Å²) in [5.74, 6) is 0.685. The second-order valence-electron chi connectivity index (χ2n) is 7.58. The average molecular weight is 402 g/mol. The van der Waals surface area contributed by atoms with Gasteiger partial charge in [-0.1, -0.05) is 48.0 Å². The molecule has 6 heteroatoms. The minimum Gasteiger partial charge on any atom is -0.483 e. The number of nitrogens with zero attached hydrogens (tertiary/aromatic N) is 1. The van der Waals surface area contributed by atoms with Crippen LogP contribution in [0.5, 0.6) is 5.75 Å². The van der Waals surface area contributed by atoms with Crippen molar-refractivity contribution in [1.29, 1.82) is 0 Å². The van der Waals surface area contributed by atoms with Gasteiger partial charge in [-0.2, -0.15) is 0 Å². The minimum atomic E-state index is -3.09. The van der Waals surface area contributed by atoms with Gasteiger partial charge in [-0.3, -0.25) is 4.79 Å². The van der Waals surface area contributed by atoms with E-state index in [1.54, 1.807) is 4.90 Å². The number of aryl methyl sites for hydroxylation is 3. The van der Waals surface area contributed by atoms with Crippen molar-refractivity contribution in [2.75, 3.05) is 18.1 Å². The SMILES string of the molecule is Cc1cc(C)c(OCC(=O)N(Cc2ccccc2)[C@@H]2CCS(=O)(=O)C2)c(C)c1. The molecule has 28 heavy (non-hydrogen) atoms. The van der Waals surface area contributed by atoms with Crippen molar-refractivity contribution >= 4 is 15.7 Å². The topological polar surface area (TPSA) is 63.7 Å². The van der Waals surface area contributed by atoms with E-state index in [0.29, 0.717) is 13.0 Å². The van der Waals surface area contributed by atoms with Gasteiger partial charge in [-0.15, -0.1) is 0 Å². The molecule has 2 aromatic rings. The van der Waals surface area contributed by atoms with Crippen LogP contribution in [0.25, 0.3) is 0 Å². The van der Waals surface area contributed by atoms with Crippen molar-refractivity contribution in [2.24, 2.45) is 0 Å². The molecule has 0 aromatic heterocycles. The van der Waals surface area contributed by atoms with Gasteiger partial charge in [0.2, 0.25) is 0 Å². The fourth-order valence-corrected chi connectivity index (χ4v) is 5.56. The zero-order chi connectivity index (χ0) is 20.3. The molecular formula is C22H27NO4S. The first-order valence-electron chi connectivity index (χ1n) is 9.49. The first kappa shape index (κ1) is 20.4. The molecule has 2 aromatic carbocycles. The van der Waals surface area contributed by atoms with Crippen molar-refractivity contribution in [3.63, 3.8) is 0 Å². The van der Waals surface area contributed by atoms with E-state index >= 15 is 0 Å². The second kappa shape index (κ2) is 8.35. The molecule has 0 radical (unpaired) electrons. The molecule has 1 heterocycles. The first-order chi connectivity index (χ1) is 13.2. The fraction of sp³-hybridized carbons (Fsp3) is 0.409. The highest BCUT2D eigenvalue weighted by atomic mass is 32.2. The summed E-state index contributed by atoms with van der Waals surface area (Å²) in [6, 6.07) is 13.4. The maximum atomic E-state index is 13.0. The van der Waals surface area contributed by atoms with Crippen LogP contribution in [-0.4, -0.2) is 43.4 Å². The van der Waals surface area contributed by atoms with Gasteiger partial charge in [0, 0.05) is 12.6 Å². The lowest BCUT2D eigenvalue weighted by Gasteiger charge is -2.28. The Balaban J connectivity index is 1.77. The van der Waals surface area contributed by atoms with Gasteiger partial charge in [-0.05, 0) is 43.9 Å². The van der Waals surface area contributed by atoms with E-state index in [4.69, 9.17) is 4.74 Å². The molecule has 0 bridgehead atoms. The third-order valence-electron chi connectivity index (χ3n) is 5.11. The zero-order valence-electron chi connectivity index (χ0n) is 16.6. The van der Waals surface area contributed by atoms with Crippen molar-refractivity contribution in [2.45, 2.75) is 39.8 Å². The Hall–Kier alpha value is -2.34. The quantitative estimate of drug-likeness (QED) is 0.746. The molecular weight excluding hydrogens is 374 g/mol. The average Bonchev–Trinajstić information content (AvgIpc) is 2.99. The van der Waals surface area contributed by atoms with Crippen LogP contribution in [0.1, 0.15) is 28.7 Å². The summed E-state index contributed by atoms with van der Waals surface area (Å²) in [5, 5.41) is 0. The summed E-state index contributed by atoms with van der Waals surface area (Å²) in [6.07, 6.45) is 0.476. The number of rotatable bonds is 6. The van der Waals surface area contributed by atoms with Crippen molar-refractivity contribution in [1.82, 2.24) is 4.90 Å². The van der Waals surface area contributed by atoms with Crippen LogP contribution in [0.15, 0.2) is 42.5 Å². The number of hydrogen-bond acceptors (Lipinski definition) is 4. The number of carbonyl (C=O) groups is 1. The number of ether oxygens (including phenoxy) is 1. The molecule has 3 rings (SSSR count). The van der Waals surface area contributed by atoms with Crippen LogP contribution in [-0.2, 0) is 21.2 Å². The lowest BCUT2D eigenvalue weighted by atomic mass is 10.1. The molecule has 1 atom stereocenters. The van der Waals surface area contributed by atoms with Crippen LogP contribution < -0.4 is 4.74 Å². The summed E-state index contributed by atoms with van der Waals surface area (Å²) < 4.78 is 29.8. The highest BCUT2D eigenvalue weighted by Crippen LogP contribution is 2.25. The van der Waals surface area contributed by atoms with Gasteiger partial charge < -0.3 is 9.64 Å². The van der Waals surface area contributed by atoms with Gasteiger partial charge in [0.15, 0.2) is 16.4 Å². The van der Waals surface area contributed by atoms with Gasteiger partial charge >= 0.3 is 0 Å². The molecule has 1 saturated heterocycles. The number of sulfone groups is 1. The monoisotopic (exact) mass is 401 g/mol. The Morgan fingerprint density at radius 3 is 2.32 bits per heavy atom. The molecule has 0 unspecified atom stereocenters. The summed E-state index contributed by atoms with van der Waals surface area (Å²) in [4.78, 5) is 14.7. The Bertz CT molecular complexity index is 931. The molecule has 150 valence electrons. The molecule has 1 aliphatic heterocycles. The van der Waals surface area contributed by atoms with Crippen LogP contribution >= 0.6 is 0 Å². The molecule has 0 N–H and O–H groups in total. The Kier molecular flexibility index (Phi) is 6.08. The smallest absolute Gasteiger partial charge is 0.261 e. The summed E-state index contributed by atoms with van der Waals surface area (Å²) in [7, 11) is -3.09. The highest BCUT2D eigenvalue weighted by Gasteiger charge is 2.34. The molecule has 1 amide bonds. The predicted molar refractivity (Wildman–Crippen MR) is 110 cm³/mol. The fourth-order valence-electron chi connectivity index (χ4n) is 3.83. The van der Waals surface area contributed by atoms with Crippen LogP contribution in [0.4, 0.5) is 0 Å². The standard InChI is InChI=1S/C22H27NO4S/c1-16-11-17(2)22(18(3)12-16)27-14-21(24)23(13-19-7-5-4-6-8-19)20-9-10-28(25,26)15-20/h4-8,11-12,20H,9-10,13-15H2,1-3H3/t20-/m1/s1. The third-order valence-corrected chi connectivity index (χ3v) is 6.86. The van der Waals surface area contributed by atoms with Crippen LogP contribution in [0.2, 0.25) is 0 Å². The molecule has 1 aliphatic rings. The summed E-state index contributed by atoms with van der Waals surface area (Å²) in [5.41, 5.74) is 4.10. The number of benzene rings is 2. The molecule has 5 nitrogen and oxygen atoms in total. The van der Waals surface area contributed by atoms with Crippen molar-refractivity contribution in [3.8, 4) is 5.75 Å². The van der Waals surface area contributed by atoms with E-state index in [2.05, 4.69) is 0 Å². The molecule has 0 spiro atoms. The second-order valence-corrected chi connectivity index (χ2v) is 9.81. The largest absolute Gasteiger partial charge is 0.483 e. The molecule has 0 saturated carbocycles. The number of hydrogen-bond donors (Lipinski definition) is 0. The van der Waals surface area contributed by atoms with E-state index in [-0.39, 0.29) is 30.1 Å². The van der Waals surface area contributed by atoms with Crippen LogP contribution in [0.3, 0.4) is 0 Å². The summed E-state index contributed by atoms with van der Waals surface area (Å²) in [6.45, 7) is 6.23. The Morgan fingerprint density at radius 2 is 1.75 bits per heavy atom. The van der Waals surface area contributed by atoms with Gasteiger partial charge in [0.05, 0.1) is 11.5 Å².